The Balaban J connectivity index is 1.48. The van der Waals surface area contributed by atoms with Crippen LogP contribution in [0.25, 0.3) is 0 Å². The number of carbonyl (C=O) groups is 2. The molecule has 1 atom stereocenters. The molecule has 30 heavy (non-hydrogen) atoms. The maximum Gasteiger partial charge on any atom is 0.247 e. The van der Waals surface area contributed by atoms with Crippen molar-refractivity contribution in [3.8, 4) is 0 Å². The minimum absolute atomic E-state index is 0.0437. The number of hydrogen-bond acceptors (Lipinski definition) is 5. The predicted octanol–water partition coefficient (Wildman–Crippen LogP) is 3.11. The highest BCUT2D eigenvalue weighted by molar-refractivity contribution is 8.01. The van der Waals surface area contributed by atoms with Crippen LogP contribution in [-0.4, -0.2) is 49.5 Å². The third-order valence-corrected chi connectivity index (χ3v) is 8.85. The summed E-state index contributed by atoms with van der Waals surface area (Å²) in [7, 11) is -3.67. The van der Waals surface area contributed by atoms with Crippen LogP contribution in [0.1, 0.15) is 57.8 Å². The monoisotopic (exact) mass is 451 g/mol. The zero-order chi connectivity index (χ0) is 21.1. The van der Waals surface area contributed by atoms with Crippen LogP contribution in [-0.2, 0) is 19.6 Å². The number of hydrogen-bond donors (Lipinski definition) is 2. The lowest BCUT2D eigenvalue weighted by molar-refractivity contribution is -0.133. The Morgan fingerprint density at radius 1 is 1.03 bits per heavy atom. The second kappa shape index (κ2) is 9.28. The summed E-state index contributed by atoms with van der Waals surface area (Å²) in [6.07, 6.45) is 9.26. The smallest absolute Gasteiger partial charge is 0.247 e. The van der Waals surface area contributed by atoms with Crippen molar-refractivity contribution >= 4 is 39.3 Å². The van der Waals surface area contributed by atoms with Crippen molar-refractivity contribution in [3.05, 3.63) is 18.2 Å². The lowest BCUT2D eigenvalue weighted by Crippen LogP contribution is -2.43. The molecule has 2 amide bonds. The molecule has 0 bridgehead atoms. The molecule has 1 aromatic carbocycles. The van der Waals surface area contributed by atoms with E-state index in [0.717, 1.165) is 56.3 Å². The summed E-state index contributed by atoms with van der Waals surface area (Å²) >= 11 is 1.20. The molecule has 3 aliphatic rings. The zero-order valence-electron chi connectivity index (χ0n) is 17.1. The Bertz CT molecular complexity index is 905. The van der Waals surface area contributed by atoms with E-state index in [0.29, 0.717) is 18.8 Å². The van der Waals surface area contributed by atoms with Crippen LogP contribution in [0, 0.1) is 0 Å². The Morgan fingerprint density at radius 2 is 1.70 bits per heavy atom. The Labute approximate surface area is 182 Å². The van der Waals surface area contributed by atoms with E-state index >= 15 is 0 Å². The van der Waals surface area contributed by atoms with E-state index in [9.17, 15) is 18.0 Å². The van der Waals surface area contributed by atoms with Gasteiger partial charge in [-0.25, -0.2) is 13.1 Å². The zero-order valence-corrected chi connectivity index (χ0v) is 18.7. The first-order valence-corrected chi connectivity index (χ1v) is 13.2. The molecule has 1 aliphatic carbocycles. The van der Waals surface area contributed by atoms with Crippen LogP contribution >= 0.6 is 11.8 Å². The number of thioether (sulfide) groups is 1. The average Bonchev–Trinajstić information content (AvgIpc) is 3.23. The van der Waals surface area contributed by atoms with Crippen LogP contribution in [0.15, 0.2) is 28.0 Å². The first-order chi connectivity index (χ1) is 14.4. The maximum atomic E-state index is 12.9. The summed E-state index contributed by atoms with van der Waals surface area (Å²) in [5.74, 6) is -0.546. The van der Waals surface area contributed by atoms with Gasteiger partial charge in [-0.2, -0.15) is 0 Å². The molecule has 2 N–H and O–H groups in total. The average molecular weight is 452 g/mol. The van der Waals surface area contributed by atoms with Crippen molar-refractivity contribution in [2.45, 2.75) is 78.9 Å². The molecule has 7 nitrogen and oxygen atoms in total. The summed E-state index contributed by atoms with van der Waals surface area (Å²) in [5, 5.41) is 1.94. The summed E-state index contributed by atoms with van der Waals surface area (Å²) < 4.78 is 28.7. The highest BCUT2D eigenvalue weighted by Crippen LogP contribution is 2.38. The summed E-state index contributed by atoms with van der Waals surface area (Å²) in [6.45, 7) is 1.39. The summed E-state index contributed by atoms with van der Waals surface area (Å²) in [5.41, 5.74) is 0.455. The molecular weight excluding hydrogens is 422 g/mol. The molecule has 0 radical (unpaired) electrons. The number of sulfonamides is 1. The van der Waals surface area contributed by atoms with Crippen molar-refractivity contribution in [2.24, 2.45) is 0 Å². The fourth-order valence-electron chi connectivity index (χ4n) is 4.38. The second-order valence-corrected chi connectivity index (χ2v) is 11.2. The number of likely N-dealkylation sites (tertiary alicyclic amines) is 1. The molecule has 4 rings (SSSR count). The first-order valence-electron chi connectivity index (χ1n) is 10.9. The van der Waals surface area contributed by atoms with Gasteiger partial charge in [0.25, 0.3) is 0 Å². The van der Waals surface area contributed by atoms with Crippen LogP contribution in [0.2, 0.25) is 0 Å². The minimum atomic E-state index is -3.67. The van der Waals surface area contributed by atoms with Gasteiger partial charge in [0.15, 0.2) is 5.25 Å². The highest BCUT2D eigenvalue weighted by atomic mass is 32.2. The standard InChI is InChI=1S/C21H29N3O4S2/c25-20-19(21(26)24-12-6-7-13-24)29-18-11-10-16(14-17(18)22-20)30(27,28)23-15-8-4-2-1-3-5-9-15/h10-11,14-15,19,23H,1-9,12-13H2,(H,22,25)/t19-/m0/s1. The maximum absolute atomic E-state index is 12.9. The largest absolute Gasteiger partial charge is 0.341 e. The summed E-state index contributed by atoms with van der Waals surface area (Å²) in [4.78, 5) is 27.8. The Kier molecular flexibility index (Phi) is 6.69. The highest BCUT2D eigenvalue weighted by Gasteiger charge is 2.37. The molecule has 1 saturated heterocycles. The molecule has 1 saturated carbocycles. The number of nitrogens with one attached hydrogen (secondary N) is 2. The second-order valence-electron chi connectivity index (χ2n) is 8.34. The Hall–Kier alpha value is -1.58. The van der Waals surface area contributed by atoms with E-state index in [4.69, 9.17) is 0 Å². The molecule has 0 unspecified atom stereocenters. The molecule has 9 heteroatoms. The van der Waals surface area contributed by atoms with Crippen molar-refractivity contribution in [1.29, 1.82) is 0 Å². The topological polar surface area (TPSA) is 95.6 Å². The van der Waals surface area contributed by atoms with E-state index in [2.05, 4.69) is 10.0 Å². The predicted molar refractivity (Wildman–Crippen MR) is 117 cm³/mol. The van der Waals surface area contributed by atoms with E-state index in [1.54, 1.807) is 17.0 Å². The van der Waals surface area contributed by atoms with Gasteiger partial charge in [-0.1, -0.05) is 32.1 Å². The van der Waals surface area contributed by atoms with Gasteiger partial charge < -0.3 is 10.2 Å². The van der Waals surface area contributed by atoms with Crippen molar-refractivity contribution < 1.29 is 18.0 Å². The fourth-order valence-corrected chi connectivity index (χ4v) is 6.77. The molecule has 164 valence electrons. The Morgan fingerprint density at radius 3 is 2.40 bits per heavy atom. The van der Waals surface area contributed by atoms with E-state index in [1.807, 2.05) is 0 Å². The quantitative estimate of drug-likeness (QED) is 0.686. The summed E-state index contributed by atoms with van der Waals surface area (Å²) in [6, 6.07) is 4.71. The molecule has 0 aromatic heterocycles. The minimum Gasteiger partial charge on any atom is -0.341 e. The van der Waals surface area contributed by atoms with Crippen LogP contribution in [0.3, 0.4) is 0 Å². The number of benzene rings is 1. The normalized spacial score (nSPS) is 23.4. The fraction of sp³-hybridized carbons (Fsp3) is 0.619. The number of rotatable bonds is 4. The third-order valence-electron chi connectivity index (χ3n) is 6.07. The molecule has 2 heterocycles. The lowest BCUT2D eigenvalue weighted by atomic mass is 9.97. The van der Waals surface area contributed by atoms with Gasteiger partial charge in [-0.3, -0.25) is 9.59 Å². The van der Waals surface area contributed by atoms with Crippen molar-refractivity contribution in [1.82, 2.24) is 9.62 Å². The van der Waals surface area contributed by atoms with Crippen LogP contribution in [0.4, 0.5) is 5.69 Å². The van der Waals surface area contributed by atoms with Crippen molar-refractivity contribution in [2.75, 3.05) is 18.4 Å². The van der Waals surface area contributed by atoms with E-state index < -0.39 is 15.3 Å². The number of anilines is 1. The number of nitrogens with zero attached hydrogens (tertiary/aromatic N) is 1. The molecule has 2 fully saturated rings. The molecule has 0 spiro atoms. The van der Waals surface area contributed by atoms with Gasteiger partial charge in [0.1, 0.15) is 0 Å². The van der Waals surface area contributed by atoms with Crippen LogP contribution < -0.4 is 10.0 Å². The SMILES string of the molecule is O=C1Nc2cc(S(=O)(=O)NC3CCCCCCC3)ccc2S[C@@H]1C(=O)N1CCCC1. The van der Waals surface area contributed by atoms with E-state index in [1.165, 1.54) is 24.2 Å². The first kappa shape index (κ1) is 21.6. The lowest BCUT2D eigenvalue weighted by Gasteiger charge is -2.27. The van der Waals surface area contributed by atoms with Gasteiger partial charge >= 0.3 is 0 Å². The van der Waals surface area contributed by atoms with Gasteiger partial charge in [0, 0.05) is 24.0 Å². The number of amides is 2. The number of fused-ring (bicyclic) bond motifs is 1. The third kappa shape index (κ3) is 4.84. The van der Waals surface area contributed by atoms with Gasteiger partial charge in [0.05, 0.1) is 10.6 Å². The van der Waals surface area contributed by atoms with Crippen LogP contribution in [0.5, 0.6) is 0 Å². The number of carbonyl (C=O) groups excluding carboxylic acids is 2. The van der Waals surface area contributed by atoms with Gasteiger partial charge in [-0.05, 0) is 43.9 Å². The molecular formula is C21H29N3O4S2. The van der Waals surface area contributed by atoms with Gasteiger partial charge in [0.2, 0.25) is 21.8 Å². The van der Waals surface area contributed by atoms with Crippen molar-refractivity contribution in [3.63, 3.8) is 0 Å². The molecule has 1 aromatic rings. The van der Waals surface area contributed by atoms with Gasteiger partial charge in [-0.15, -0.1) is 11.8 Å². The molecule has 2 aliphatic heterocycles. The van der Waals surface area contributed by atoms with E-state index in [-0.39, 0.29) is 22.8 Å².